The van der Waals surface area contributed by atoms with Crippen molar-refractivity contribution in [2.24, 2.45) is 0 Å². The van der Waals surface area contributed by atoms with Crippen molar-refractivity contribution in [3.63, 3.8) is 0 Å². The maximum absolute atomic E-state index is 5.77. The average Bonchev–Trinajstić information content (AvgIpc) is 1.77. The monoisotopic (exact) mass is 240 g/mol. The van der Waals surface area contributed by atoms with Crippen LogP contribution in [0.5, 0.6) is 0 Å². The summed E-state index contributed by atoms with van der Waals surface area (Å²) < 4.78 is 0.513. The van der Waals surface area contributed by atoms with Gasteiger partial charge >= 0.3 is 0 Å². The van der Waals surface area contributed by atoms with Crippen LogP contribution in [0.3, 0.4) is 0 Å². The molecule has 1 aliphatic rings. The molecule has 0 heterocycles. The summed E-state index contributed by atoms with van der Waals surface area (Å²) in [7, 11) is 0. The largest absolute Gasteiger partial charge is 0.0880 e. The zero-order valence-electron chi connectivity index (χ0n) is 4.27. The second-order valence-corrected chi connectivity index (χ2v) is 3.62. The van der Waals surface area contributed by atoms with Gasteiger partial charge in [-0.25, -0.2) is 0 Å². The summed E-state index contributed by atoms with van der Waals surface area (Å²) in [5, 5.41) is 0.966. The molecule has 1 aliphatic carbocycles. The average molecular weight is 240 g/mol. The van der Waals surface area contributed by atoms with Crippen molar-refractivity contribution >= 4 is 34.2 Å². The standard InChI is InChI=1S/C6H6ClI/c7-5-3-1-2-4-6(5)8/h1-3,6H,4H2. The molecular weight excluding hydrogens is 234 g/mol. The summed E-state index contributed by atoms with van der Waals surface area (Å²) >= 11 is 8.10. The molecule has 1 atom stereocenters. The van der Waals surface area contributed by atoms with Gasteiger partial charge in [-0.2, -0.15) is 0 Å². The lowest BCUT2D eigenvalue weighted by Gasteiger charge is -2.07. The lowest BCUT2D eigenvalue weighted by molar-refractivity contribution is 1.07. The summed E-state index contributed by atoms with van der Waals surface area (Å²) in [5.74, 6) is 0. The molecule has 0 aromatic carbocycles. The first kappa shape index (κ1) is 6.62. The van der Waals surface area contributed by atoms with Crippen molar-refractivity contribution in [2.45, 2.75) is 10.3 Å². The van der Waals surface area contributed by atoms with Crippen molar-refractivity contribution < 1.29 is 0 Å². The molecule has 44 valence electrons. The van der Waals surface area contributed by atoms with Gasteiger partial charge in [-0.1, -0.05) is 46.3 Å². The van der Waals surface area contributed by atoms with E-state index in [0.29, 0.717) is 3.92 Å². The smallest absolute Gasteiger partial charge is 0.0501 e. The van der Waals surface area contributed by atoms with Crippen LogP contribution in [0.25, 0.3) is 0 Å². The van der Waals surface area contributed by atoms with E-state index < -0.39 is 0 Å². The zero-order chi connectivity index (χ0) is 5.98. The molecule has 0 radical (unpaired) electrons. The number of hydrogen-bond donors (Lipinski definition) is 0. The number of halogens is 2. The predicted molar refractivity (Wildman–Crippen MR) is 45.5 cm³/mol. The molecule has 0 spiro atoms. The van der Waals surface area contributed by atoms with Crippen molar-refractivity contribution in [1.29, 1.82) is 0 Å². The van der Waals surface area contributed by atoms with Gasteiger partial charge in [-0.3, -0.25) is 0 Å². The summed E-state index contributed by atoms with van der Waals surface area (Å²) in [6.45, 7) is 0. The van der Waals surface area contributed by atoms with Crippen LogP contribution in [0.1, 0.15) is 6.42 Å². The number of rotatable bonds is 0. The molecule has 0 nitrogen and oxygen atoms in total. The van der Waals surface area contributed by atoms with Crippen molar-refractivity contribution in [2.75, 3.05) is 0 Å². The van der Waals surface area contributed by atoms with Crippen LogP contribution in [0.4, 0.5) is 0 Å². The molecule has 0 aromatic heterocycles. The minimum Gasteiger partial charge on any atom is -0.0880 e. The van der Waals surface area contributed by atoms with Gasteiger partial charge in [0.05, 0.1) is 3.92 Å². The maximum Gasteiger partial charge on any atom is 0.0501 e. The molecule has 8 heavy (non-hydrogen) atoms. The fourth-order valence-electron chi connectivity index (χ4n) is 0.575. The van der Waals surface area contributed by atoms with Gasteiger partial charge in [0.25, 0.3) is 0 Å². The molecular formula is C6H6ClI. The molecule has 0 saturated carbocycles. The van der Waals surface area contributed by atoms with Crippen LogP contribution in [-0.2, 0) is 0 Å². The van der Waals surface area contributed by atoms with Crippen molar-refractivity contribution in [3.05, 3.63) is 23.3 Å². The van der Waals surface area contributed by atoms with Crippen molar-refractivity contribution in [3.8, 4) is 0 Å². The van der Waals surface area contributed by atoms with Crippen LogP contribution in [0, 0.1) is 0 Å². The minimum absolute atomic E-state index is 0.513. The Hall–Kier alpha value is 0.500. The summed E-state index contributed by atoms with van der Waals surface area (Å²) in [4.78, 5) is 0. The molecule has 0 fully saturated rings. The second-order valence-electron chi connectivity index (χ2n) is 1.68. The Balaban J connectivity index is 2.66. The van der Waals surface area contributed by atoms with Gasteiger partial charge in [-0.05, 0) is 12.5 Å². The van der Waals surface area contributed by atoms with E-state index in [1.54, 1.807) is 0 Å². The molecule has 0 amide bonds. The Labute approximate surface area is 67.7 Å². The summed E-state index contributed by atoms with van der Waals surface area (Å²) in [6, 6.07) is 0. The van der Waals surface area contributed by atoms with Gasteiger partial charge in [-0.15, -0.1) is 0 Å². The minimum atomic E-state index is 0.513. The quantitative estimate of drug-likeness (QED) is 0.451. The van der Waals surface area contributed by atoms with Gasteiger partial charge in [0.2, 0.25) is 0 Å². The fraction of sp³-hybridized carbons (Fsp3) is 0.333. The Morgan fingerprint density at radius 2 is 2.50 bits per heavy atom. The van der Waals surface area contributed by atoms with E-state index in [1.807, 2.05) is 12.2 Å². The fourth-order valence-corrected chi connectivity index (χ4v) is 1.24. The van der Waals surface area contributed by atoms with E-state index in [1.165, 1.54) is 0 Å². The SMILES string of the molecule is ClC1=CC=CCC1I. The highest BCUT2D eigenvalue weighted by atomic mass is 127. The number of hydrogen-bond acceptors (Lipinski definition) is 0. The number of allylic oxidation sites excluding steroid dienone is 4. The number of alkyl halides is 1. The van der Waals surface area contributed by atoms with Gasteiger partial charge in [0.1, 0.15) is 0 Å². The first-order valence-corrected chi connectivity index (χ1v) is 4.09. The third-order valence-electron chi connectivity index (χ3n) is 1.03. The van der Waals surface area contributed by atoms with Gasteiger partial charge in [0.15, 0.2) is 0 Å². The zero-order valence-corrected chi connectivity index (χ0v) is 7.19. The molecule has 0 saturated heterocycles. The normalized spacial score (nSPS) is 27.8. The molecule has 0 N–H and O–H groups in total. The van der Waals surface area contributed by atoms with Gasteiger partial charge < -0.3 is 0 Å². The maximum atomic E-state index is 5.77. The Kier molecular flexibility index (Phi) is 2.38. The predicted octanol–water partition coefficient (Wildman–Crippen LogP) is 2.87. The van der Waals surface area contributed by atoms with Crippen molar-refractivity contribution in [1.82, 2.24) is 0 Å². The molecule has 0 aliphatic heterocycles. The molecule has 0 aromatic rings. The Morgan fingerprint density at radius 1 is 1.75 bits per heavy atom. The summed E-state index contributed by atoms with van der Waals surface area (Å²) in [6.07, 6.45) is 7.15. The highest BCUT2D eigenvalue weighted by Crippen LogP contribution is 2.23. The highest BCUT2D eigenvalue weighted by molar-refractivity contribution is 14.1. The highest BCUT2D eigenvalue weighted by Gasteiger charge is 2.06. The first-order valence-electron chi connectivity index (χ1n) is 2.47. The van der Waals surface area contributed by atoms with E-state index >= 15 is 0 Å². The van der Waals surface area contributed by atoms with E-state index in [0.717, 1.165) is 11.5 Å². The first-order chi connectivity index (χ1) is 3.80. The van der Waals surface area contributed by atoms with Crippen LogP contribution in [0.15, 0.2) is 23.3 Å². The van der Waals surface area contributed by atoms with Crippen LogP contribution in [-0.4, -0.2) is 3.92 Å². The molecule has 1 rings (SSSR count). The van der Waals surface area contributed by atoms with E-state index in [-0.39, 0.29) is 0 Å². The Morgan fingerprint density at radius 3 is 2.88 bits per heavy atom. The Bertz CT molecular complexity index is 137. The van der Waals surface area contributed by atoms with E-state index in [4.69, 9.17) is 11.6 Å². The third-order valence-corrected chi connectivity index (χ3v) is 2.97. The van der Waals surface area contributed by atoms with Gasteiger partial charge in [0, 0.05) is 5.03 Å². The van der Waals surface area contributed by atoms with Crippen LogP contribution >= 0.6 is 34.2 Å². The summed E-state index contributed by atoms with van der Waals surface area (Å²) in [5.41, 5.74) is 0. The lowest BCUT2D eigenvalue weighted by Crippen LogP contribution is -1.97. The van der Waals surface area contributed by atoms with E-state index in [2.05, 4.69) is 28.7 Å². The lowest BCUT2D eigenvalue weighted by atomic mass is 10.2. The molecule has 1 unspecified atom stereocenters. The van der Waals surface area contributed by atoms with E-state index in [9.17, 15) is 0 Å². The van der Waals surface area contributed by atoms with Crippen LogP contribution in [0.2, 0.25) is 0 Å². The topological polar surface area (TPSA) is 0 Å². The molecule has 0 bridgehead atoms. The molecule has 2 heteroatoms. The second kappa shape index (κ2) is 2.87. The third kappa shape index (κ3) is 1.49. The van der Waals surface area contributed by atoms with Crippen LogP contribution < -0.4 is 0 Å².